The van der Waals surface area contributed by atoms with Crippen LogP contribution in [0.5, 0.6) is 0 Å². The molecule has 2 rings (SSSR count). The topological polar surface area (TPSA) is 61.4 Å². The van der Waals surface area contributed by atoms with Crippen molar-refractivity contribution < 1.29 is 9.59 Å². The van der Waals surface area contributed by atoms with Gasteiger partial charge >= 0.3 is 0 Å². The van der Waals surface area contributed by atoms with Crippen LogP contribution in [0, 0.1) is 5.92 Å². The Morgan fingerprint density at radius 1 is 1.27 bits per heavy atom. The first-order valence-corrected chi connectivity index (χ1v) is 7.95. The monoisotopic (exact) mass is 303 g/mol. The van der Waals surface area contributed by atoms with Gasteiger partial charge in [0.25, 0.3) is 0 Å². The van der Waals surface area contributed by atoms with Gasteiger partial charge in [-0.15, -0.1) is 0 Å². The van der Waals surface area contributed by atoms with Crippen molar-refractivity contribution in [1.82, 2.24) is 10.2 Å². The molecular formula is C17H25N3O2. The normalized spacial score (nSPS) is 16.3. The van der Waals surface area contributed by atoms with Crippen molar-refractivity contribution in [3.05, 3.63) is 29.8 Å². The van der Waals surface area contributed by atoms with Crippen molar-refractivity contribution in [3.8, 4) is 0 Å². The van der Waals surface area contributed by atoms with Crippen molar-refractivity contribution in [2.45, 2.75) is 26.2 Å². The van der Waals surface area contributed by atoms with Gasteiger partial charge in [-0.2, -0.15) is 0 Å². The molecule has 5 nitrogen and oxygen atoms in total. The van der Waals surface area contributed by atoms with Gasteiger partial charge in [0.2, 0.25) is 11.8 Å². The third-order valence-electron chi connectivity index (χ3n) is 4.19. The first-order valence-electron chi connectivity index (χ1n) is 7.95. The maximum absolute atomic E-state index is 12.1. The highest BCUT2D eigenvalue weighted by Crippen LogP contribution is 2.17. The summed E-state index contributed by atoms with van der Waals surface area (Å²) >= 11 is 0. The number of amides is 2. The van der Waals surface area contributed by atoms with E-state index in [2.05, 4.69) is 28.5 Å². The smallest absolute Gasteiger partial charge is 0.238 e. The van der Waals surface area contributed by atoms with Crippen LogP contribution in [0.4, 0.5) is 5.69 Å². The molecule has 120 valence electrons. The van der Waals surface area contributed by atoms with Gasteiger partial charge in [0.15, 0.2) is 0 Å². The average molecular weight is 303 g/mol. The summed E-state index contributed by atoms with van der Waals surface area (Å²) in [4.78, 5) is 25.8. The molecule has 0 radical (unpaired) electrons. The molecule has 0 unspecified atom stereocenters. The predicted octanol–water partition coefficient (Wildman–Crippen LogP) is 1.65. The van der Waals surface area contributed by atoms with Gasteiger partial charge in [-0.1, -0.05) is 19.1 Å². The molecule has 0 saturated carbocycles. The summed E-state index contributed by atoms with van der Waals surface area (Å²) in [6.07, 6.45) is 2.59. The molecule has 1 saturated heterocycles. The van der Waals surface area contributed by atoms with Gasteiger partial charge < -0.3 is 10.6 Å². The maximum atomic E-state index is 12.1. The molecule has 2 amide bonds. The lowest BCUT2D eigenvalue weighted by atomic mass is 9.96. The van der Waals surface area contributed by atoms with E-state index in [0.717, 1.165) is 38.0 Å². The molecule has 1 heterocycles. The lowest BCUT2D eigenvalue weighted by Crippen LogP contribution is -2.42. The van der Waals surface area contributed by atoms with Gasteiger partial charge in [-0.05, 0) is 50.0 Å². The fourth-order valence-electron chi connectivity index (χ4n) is 2.83. The standard InChI is InChI=1S/C17H25N3O2/c1-3-13-5-4-6-15(11-13)19-16(21)12-20-9-7-14(8-10-20)17(22)18-2/h4-6,11,14H,3,7-10,12H2,1-2H3,(H,18,22)(H,19,21). The van der Waals surface area contributed by atoms with Crippen LogP contribution in [0.3, 0.4) is 0 Å². The van der Waals surface area contributed by atoms with Gasteiger partial charge in [0.1, 0.15) is 0 Å². The number of benzene rings is 1. The Bertz CT molecular complexity index is 522. The van der Waals surface area contributed by atoms with Crippen LogP contribution in [0.25, 0.3) is 0 Å². The van der Waals surface area contributed by atoms with Crippen LogP contribution in [-0.2, 0) is 16.0 Å². The highest BCUT2D eigenvalue weighted by molar-refractivity contribution is 5.92. The summed E-state index contributed by atoms with van der Waals surface area (Å²) in [6.45, 7) is 4.06. The molecule has 1 fully saturated rings. The Morgan fingerprint density at radius 3 is 2.64 bits per heavy atom. The number of carbonyl (C=O) groups excluding carboxylic acids is 2. The lowest BCUT2D eigenvalue weighted by molar-refractivity contribution is -0.126. The number of nitrogens with one attached hydrogen (secondary N) is 2. The van der Waals surface area contributed by atoms with Crippen LogP contribution >= 0.6 is 0 Å². The summed E-state index contributed by atoms with van der Waals surface area (Å²) in [5.74, 6) is 0.206. The summed E-state index contributed by atoms with van der Waals surface area (Å²) in [6, 6.07) is 7.94. The molecule has 5 heteroatoms. The van der Waals surface area contributed by atoms with Crippen molar-refractivity contribution in [1.29, 1.82) is 0 Å². The Labute approximate surface area is 132 Å². The minimum atomic E-state index is 0.00615. The number of hydrogen-bond donors (Lipinski definition) is 2. The molecule has 2 N–H and O–H groups in total. The zero-order valence-corrected chi connectivity index (χ0v) is 13.4. The Morgan fingerprint density at radius 2 is 2.00 bits per heavy atom. The van der Waals surface area contributed by atoms with Gasteiger partial charge in [-0.3, -0.25) is 14.5 Å². The third kappa shape index (κ3) is 4.56. The number of hydrogen-bond acceptors (Lipinski definition) is 3. The van der Waals surface area contributed by atoms with Crippen LogP contribution in [-0.4, -0.2) is 43.4 Å². The quantitative estimate of drug-likeness (QED) is 0.869. The van der Waals surface area contributed by atoms with E-state index in [1.54, 1.807) is 7.05 Å². The van der Waals surface area contributed by atoms with Crippen molar-refractivity contribution >= 4 is 17.5 Å². The van der Waals surface area contributed by atoms with Gasteiger partial charge in [0, 0.05) is 18.7 Å². The van der Waals surface area contributed by atoms with Crippen LogP contribution < -0.4 is 10.6 Å². The Balaban J connectivity index is 1.79. The van der Waals surface area contributed by atoms with E-state index >= 15 is 0 Å². The van der Waals surface area contributed by atoms with E-state index in [-0.39, 0.29) is 17.7 Å². The molecule has 1 aromatic rings. The summed E-state index contributed by atoms with van der Waals surface area (Å²) in [5.41, 5.74) is 2.06. The average Bonchev–Trinajstić information content (AvgIpc) is 2.55. The second-order valence-corrected chi connectivity index (χ2v) is 5.77. The van der Waals surface area contributed by atoms with Crippen molar-refractivity contribution in [3.63, 3.8) is 0 Å². The Kier molecular flexibility index (Phi) is 5.95. The fourth-order valence-corrected chi connectivity index (χ4v) is 2.83. The number of piperidine rings is 1. The van der Waals surface area contributed by atoms with Gasteiger partial charge in [0.05, 0.1) is 6.54 Å². The van der Waals surface area contributed by atoms with E-state index in [0.29, 0.717) is 6.54 Å². The second kappa shape index (κ2) is 7.94. The van der Waals surface area contributed by atoms with Crippen LogP contribution in [0.15, 0.2) is 24.3 Å². The predicted molar refractivity (Wildman–Crippen MR) is 87.7 cm³/mol. The molecule has 0 atom stereocenters. The zero-order valence-electron chi connectivity index (χ0n) is 13.4. The number of likely N-dealkylation sites (tertiary alicyclic amines) is 1. The first kappa shape index (κ1) is 16.5. The maximum Gasteiger partial charge on any atom is 0.238 e. The molecule has 1 aliphatic heterocycles. The third-order valence-corrected chi connectivity index (χ3v) is 4.19. The number of anilines is 1. The highest BCUT2D eigenvalue weighted by atomic mass is 16.2. The SMILES string of the molecule is CCc1cccc(NC(=O)CN2CCC(C(=O)NC)CC2)c1. The van der Waals surface area contributed by atoms with Crippen molar-refractivity contribution in [2.24, 2.45) is 5.92 Å². The summed E-state index contributed by atoms with van der Waals surface area (Å²) in [7, 11) is 1.67. The molecule has 0 aromatic heterocycles. The number of aryl methyl sites for hydroxylation is 1. The minimum absolute atomic E-state index is 0.00615. The van der Waals surface area contributed by atoms with E-state index in [1.165, 1.54) is 5.56 Å². The first-order chi connectivity index (χ1) is 10.6. The van der Waals surface area contributed by atoms with Crippen molar-refractivity contribution in [2.75, 3.05) is 32.0 Å². The molecule has 22 heavy (non-hydrogen) atoms. The molecule has 0 aliphatic carbocycles. The number of carbonyl (C=O) groups is 2. The highest BCUT2D eigenvalue weighted by Gasteiger charge is 2.25. The molecule has 1 aliphatic rings. The van der Waals surface area contributed by atoms with E-state index < -0.39 is 0 Å². The molecule has 0 spiro atoms. The van der Waals surface area contributed by atoms with Crippen LogP contribution in [0.2, 0.25) is 0 Å². The van der Waals surface area contributed by atoms with Gasteiger partial charge in [-0.25, -0.2) is 0 Å². The Hall–Kier alpha value is -1.88. The molecule has 1 aromatic carbocycles. The summed E-state index contributed by atoms with van der Waals surface area (Å²) in [5, 5.41) is 5.65. The number of rotatable bonds is 5. The minimum Gasteiger partial charge on any atom is -0.359 e. The van der Waals surface area contributed by atoms with Crippen LogP contribution in [0.1, 0.15) is 25.3 Å². The zero-order chi connectivity index (χ0) is 15.9. The van der Waals surface area contributed by atoms with E-state index in [4.69, 9.17) is 0 Å². The van der Waals surface area contributed by atoms with E-state index in [1.807, 2.05) is 18.2 Å². The lowest BCUT2D eigenvalue weighted by Gasteiger charge is -2.30. The largest absolute Gasteiger partial charge is 0.359 e. The summed E-state index contributed by atoms with van der Waals surface area (Å²) < 4.78 is 0. The second-order valence-electron chi connectivity index (χ2n) is 5.77. The number of nitrogens with zero attached hydrogens (tertiary/aromatic N) is 1. The molecule has 0 bridgehead atoms. The fraction of sp³-hybridized carbons (Fsp3) is 0.529. The van der Waals surface area contributed by atoms with E-state index in [9.17, 15) is 9.59 Å². The molecular weight excluding hydrogens is 278 g/mol.